The van der Waals surface area contributed by atoms with Gasteiger partial charge in [0.05, 0.1) is 15.4 Å². The number of anilines is 3. The smallest absolute Gasteiger partial charge is 0.248 e. The Morgan fingerprint density at radius 3 is 2.90 bits per heavy atom. The number of fused-ring (bicyclic) bond motifs is 1. The fraction of sp³-hybridized carbons (Fsp3) is 0.286. The number of carbonyl (C=O) groups excluding carboxylic acids is 1. The highest BCUT2D eigenvalue weighted by molar-refractivity contribution is 7.22. The molecule has 0 spiro atoms. The van der Waals surface area contributed by atoms with E-state index in [0.717, 1.165) is 24.9 Å². The molecule has 0 aliphatic rings. The zero-order valence-corrected chi connectivity index (χ0v) is 18.9. The molecule has 0 fully saturated rings. The Kier molecular flexibility index (Phi) is 8.30. The van der Waals surface area contributed by atoms with Gasteiger partial charge >= 0.3 is 0 Å². The summed E-state index contributed by atoms with van der Waals surface area (Å²) in [5.41, 5.74) is 0.601. The van der Waals surface area contributed by atoms with Gasteiger partial charge in [0.15, 0.2) is 0 Å². The third-order valence-corrected chi connectivity index (χ3v) is 5.50. The molecule has 1 amide bonds. The average molecular weight is 463 g/mol. The van der Waals surface area contributed by atoms with Crippen LogP contribution in [0.15, 0.2) is 42.7 Å². The van der Waals surface area contributed by atoms with Crippen LogP contribution in [-0.2, 0) is 4.79 Å². The van der Waals surface area contributed by atoms with Gasteiger partial charge in [0.25, 0.3) is 0 Å². The molecule has 0 atom stereocenters. The lowest BCUT2D eigenvalue weighted by Gasteiger charge is -2.08. The molecule has 2 aromatic heterocycles. The van der Waals surface area contributed by atoms with E-state index in [1.807, 2.05) is 14.1 Å². The summed E-state index contributed by atoms with van der Waals surface area (Å²) in [6.07, 6.45) is 5.79. The molecule has 0 bridgehead atoms. The zero-order chi connectivity index (χ0) is 22.2. The number of aromatic nitrogens is 2. The molecule has 0 aliphatic heterocycles. The van der Waals surface area contributed by atoms with Crippen LogP contribution in [0.5, 0.6) is 0 Å². The third kappa shape index (κ3) is 6.96. The highest BCUT2D eigenvalue weighted by Crippen LogP contribution is 2.33. The summed E-state index contributed by atoms with van der Waals surface area (Å²) in [4.78, 5) is 23.5. The van der Waals surface area contributed by atoms with Gasteiger partial charge in [-0.3, -0.25) is 4.79 Å². The predicted molar refractivity (Wildman–Crippen MR) is 126 cm³/mol. The maximum absolute atomic E-state index is 13.4. The van der Waals surface area contributed by atoms with Crippen molar-refractivity contribution in [2.75, 3.05) is 44.4 Å². The van der Waals surface area contributed by atoms with E-state index < -0.39 is 5.82 Å². The Bertz CT molecular complexity index is 1070. The first-order valence-electron chi connectivity index (χ1n) is 9.72. The molecule has 164 valence electrons. The van der Waals surface area contributed by atoms with E-state index >= 15 is 0 Å². The first-order chi connectivity index (χ1) is 14.9. The van der Waals surface area contributed by atoms with Gasteiger partial charge in [0.2, 0.25) is 5.91 Å². The molecule has 0 saturated heterocycles. The maximum Gasteiger partial charge on any atom is 0.248 e. The molecule has 3 rings (SSSR count). The highest BCUT2D eigenvalue weighted by Gasteiger charge is 2.11. The van der Waals surface area contributed by atoms with Crippen LogP contribution in [0.25, 0.3) is 10.2 Å². The Balaban J connectivity index is 1.58. The summed E-state index contributed by atoms with van der Waals surface area (Å²) in [5, 5.41) is 10.7. The maximum atomic E-state index is 13.4. The van der Waals surface area contributed by atoms with Crippen molar-refractivity contribution in [2.24, 2.45) is 0 Å². The lowest BCUT2D eigenvalue weighted by Crippen LogP contribution is -2.21. The molecule has 10 heteroatoms. The topological polar surface area (TPSA) is 82.2 Å². The summed E-state index contributed by atoms with van der Waals surface area (Å²) in [7, 11) is 4.09. The van der Waals surface area contributed by atoms with Crippen molar-refractivity contribution in [2.45, 2.75) is 6.42 Å². The third-order valence-electron chi connectivity index (χ3n) is 4.25. The van der Waals surface area contributed by atoms with E-state index in [4.69, 9.17) is 11.6 Å². The first-order valence-corrected chi connectivity index (χ1v) is 10.9. The zero-order valence-electron chi connectivity index (χ0n) is 17.3. The minimum Gasteiger partial charge on any atom is -0.340 e. The van der Waals surface area contributed by atoms with Crippen molar-refractivity contribution >= 4 is 55.6 Å². The summed E-state index contributed by atoms with van der Waals surface area (Å²) in [6.45, 7) is 2.55. The largest absolute Gasteiger partial charge is 0.340 e. The van der Waals surface area contributed by atoms with Gasteiger partial charge in [-0.05, 0) is 57.9 Å². The Morgan fingerprint density at radius 2 is 2.13 bits per heavy atom. The average Bonchev–Trinajstić information content (AvgIpc) is 3.13. The minimum absolute atomic E-state index is 0.0209. The van der Waals surface area contributed by atoms with Crippen LogP contribution in [0.2, 0.25) is 5.02 Å². The van der Waals surface area contributed by atoms with E-state index in [1.165, 1.54) is 35.9 Å². The number of hydrogen-bond acceptors (Lipinski definition) is 7. The van der Waals surface area contributed by atoms with Crippen molar-refractivity contribution in [3.63, 3.8) is 0 Å². The second-order valence-corrected chi connectivity index (χ2v) is 8.50. The summed E-state index contributed by atoms with van der Waals surface area (Å²) in [6, 6.07) is 6.15. The second-order valence-electron chi connectivity index (χ2n) is 7.06. The summed E-state index contributed by atoms with van der Waals surface area (Å²) < 4.78 is 13.4. The Morgan fingerprint density at radius 1 is 1.29 bits per heavy atom. The second kappa shape index (κ2) is 11.1. The van der Waals surface area contributed by atoms with Gasteiger partial charge in [-0.2, -0.15) is 0 Å². The number of nitrogens with zero attached hydrogens (tertiary/aromatic N) is 3. The molecule has 7 nitrogen and oxygen atoms in total. The van der Waals surface area contributed by atoms with Crippen molar-refractivity contribution in [1.29, 1.82) is 0 Å². The Hall–Kier alpha value is -2.59. The van der Waals surface area contributed by atoms with Crippen LogP contribution in [0.1, 0.15) is 6.42 Å². The van der Waals surface area contributed by atoms with Crippen molar-refractivity contribution < 1.29 is 9.18 Å². The summed E-state index contributed by atoms with van der Waals surface area (Å²) >= 11 is 7.19. The van der Waals surface area contributed by atoms with Crippen LogP contribution in [0.3, 0.4) is 0 Å². The quantitative estimate of drug-likeness (QED) is 0.308. The van der Waals surface area contributed by atoms with Gasteiger partial charge in [-0.15, -0.1) is 0 Å². The number of nitrogens with one attached hydrogen (secondary N) is 3. The Labute approximate surface area is 189 Å². The SMILES string of the molecule is CN(C)CCCNC/C=C/C(=O)Nc1cc2c(Nc3ccc(F)c(Cl)c3)ncnc2s1. The van der Waals surface area contributed by atoms with Crippen molar-refractivity contribution in [3.05, 3.63) is 53.6 Å². The van der Waals surface area contributed by atoms with Gasteiger partial charge in [0.1, 0.15) is 22.8 Å². The number of amides is 1. The molecule has 3 aromatic rings. The molecular formula is C21H24ClFN6OS. The summed E-state index contributed by atoms with van der Waals surface area (Å²) in [5.74, 6) is -0.159. The molecule has 1 aromatic carbocycles. The van der Waals surface area contributed by atoms with Crippen molar-refractivity contribution in [3.8, 4) is 0 Å². The van der Waals surface area contributed by atoms with Crippen LogP contribution in [0.4, 0.5) is 20.9 Å². The minimum atomic E-state index is -0.489. The van der Waals surface area contributed by atoms with Gasteiger partial charge in [-0.25, -0.2) is 14.4 Å². The first kappa shape index (κ1) is 23.1. The molecular weight excluding hydrogens is 439 g/mol. The van der Waals surface area contributed by atoms with Crippen LogP contribution >= 0.6 is 22.9 Å². The molecule has 0 saturated carbocycles. The number of carbonyl (C=O) groups is 1. The molecule has 0 aliphatic carbocycles. The lowest BCUT2D eigenvalue weighted by molar-refractivity contribution is -0.111. The lowest BCUT2D eigenvalue weighted by atomic mass is 10.3. The fourth-order valence-corrected chi connectivity index (χ4v) is 3.84. The number of thiophene rings is 1. The van der Waals surface area contributed by atoms with Crippen LogP contribution < -0.4 is 16.0 Å². The molecule has 31 heavy (non-hydrogen) atoms. The van der Waals surface area contributed by atoms with E-state index in [9.17, 15) is 9.18 Å². The van der Waals surface area contributed by atoms with E-state index in [-0.39, 0.29) is 10.9 Å². The predicted octanol–water partition coefficient (Wildman–Crippen LogP) is 4.26. The normalized spacial score (nSPS) is 11.5. The fourth-order valence-electron chi connectivity index (χ4n) is 2.76. The number of hydrogen-bond donors (Lipinski definition) is 3. The van der Waals surface area contributed by atoms with Gasteiger partial charge < -0.3 is 20.9 Å². The molecule has 3 N–H and O–H groups in total. The van der Waals surface area contributed by atoms with Gasteiger partial charge in [0, 0.05) is 18.3 Å². The van der Waals surface area contributed by atoms with E-state index in [2.05, 4.69) is 30.8 Å². The number of rotatable bonds is 10. The molecule has 0 unspecified atom stereocenters. The van der Waals surface area contributed by atoms with Gasteiger partial charge in [-0.1, -0.05) is 29.0 Å². The van der Waals surface area contributed by atoms with Crippen molar-refractivity contribution in [1.82, 2.24) is 20.2 Å². The highest BCUT2D eigenvalue weighted by atomic mass is 35.5. The van der Waals surface area contributed by atoms with E-state index in [1.54, 1.807) is 18.2 Å². The molecule has 2 heterocycles. The van der Waals surface area contributed by atoms with Crippen LogP contribution in [0, 0.1) is 5.82 Å². The van der Waals surface area contributed by atoms with Crippen LogP contribution in [-0.4, -0.2) is 54.5 Å². The standard InChI is InChI=1S/C21H24ClFN6OS/c1-29(2)10-4-9-24-8-3-5-18(30)28-19-12-15-20(25-13-26-21(15)31-19)27-14-6-7-17(23)16(22)11-14/h3,5-7,11-13,24H,4,8-10H2,1-2H3,(H,28,30)(H,25,26,27)/b5-3+. The number of halogens is 2. The monoisotopic (exact) mass is 462 g/mol. The van der Waals surface area contributed by atoms with E-state index in [0.29, 0.717) is 27.9 Å². The number of benzene rings is 1. The molecule has 0 radical (unpaired) electrons.